The Bertz CT molecular complexity index is 848. The van der Waals surface area contributed by atoms with Crippen molar-refractivity contribution in [2.24, 2.45) is 7.05 Å². The third-order valence-corrected chi connectivity index (χ3v) is 4.39. The highest BCUT2D eigenvalue weighted by molar-refractivity contribution is 9.10. The normalized spacial score (nSPS) is 10.9. The summed E-state index contributed by atoms with van der Waals surface area (Å²) in [6.45, 7) is 1.28. The number of aromatic nitrogens is 1. The molecule has 7 heteroatoms. The summed E-state index contributed by atoms with van der Waals surface area (Å²) in [7, 11) is 1.56. The van der Waals surface area contributed by atoms with Crippen molar-refractivity contribution in [3.63, 3.8) is 0 Å². The van der Waals surface area contributed by atoms with Gasteiger partial charge in [0.15, 0.2) is 5.78 Å². The topological polar surface area (TPSA) is 68.5 Å². The summed E-state index contributed by atoms with van der Waals surface area (Å²) in [6.07, 6.45) is 1.58. The molecule has 0 spiro atoms. The van der Waals surface area contributed by atoms with Crippen LogP contribution in [0.2, 0.25) is 0 Å². The summed E-state index contributed by atoms with van der Waals surface area (Å²) in [4.78, 5) is 24.7. The summed E-state index contributed by atoms with van der Waals surface area (Å²) in [5, 5.41) is 8.75. The summed E-state index contributed by atoms with van der Waals surface area (Å²) in [5.74, 6) is -0.732. The van der Waals surface area contributed by atoms with Gasteiger partial charge < -0.3 is 14.4 Å². The standard InChI is InChI=1S/C18H19BrFNO4/c1-11-14(7-12-3-4-13(19)8-16(12)20)15(9-21(2)18(11)24)17(23)10-25-6-5-22/h3-4,8-9,22H,5-7,10H2,1-2H3. The lowest BCUT2D eigenvalue weighted by atomic mass is 9.95. The molecule has 0 aliphatic carbocycles. The van der Waals surface area contributed by atoms with Crippen LogP contribution in [0.1, 0.15) is 27.0 Å². The summed E-state index contributed by atoms with van der Waals surface area (Å²) >= 11 is 3.21. The molecule has 0 bridgehead atoms. The monoisotopic (exact) mass is 411 g/mol. The van der Waals surface area contributed by atoms with Crippen LogP contribution >= 0.6 is 15.9 Å². The van der Waals surface area contributed by atoms with Gasteiger partial charge in [-0.05, 0) is 30.2 Å². The van der Waals surface area contributed by atoms with Crippen LogP contribution in [0.15, 0.2) is 33.7 Å². The molecule has 0 radical (unpaired) electrons. The Morgan fingerprint density at radius 3 is 2.76 bits per heavy atom. The molecule has 0 fully saturated rings. The number of pyridine rings is 1. The van der Waals surface area contributed by atoms with E-state index in [4.69, 9.17) is 9.84 Å². The second-order valence-electron chi connectivity index (χ2n) is 5.67. The van der Waals surface area contributed by atoms with E-state index < -0.39 is 5.82 Å². The van der Waals surface area contributed by atoms with Crippen LogP contribution in [0.3, 0.4) is 0 Å². The fraction of sp³-hybridized carbons (Fsp3) is 0.333. The molecule has 2 rings (SSSR count). The largest absolute Gasteiger partial charge is 0.394 e. The number of hydrogen-bond donors (Lipinski definition) is 1. The van der Waals surface area contributed by atoms with Crippen molar-refractivity contribution >= 4 is 21.7 Å². The quantitative estimate of drug-likeness (QED) is 0.560. The number of halogens is 2. The lowest BCUT2D eigenvalue weighted by molar-refractivity contribution is 0.0662. The van der Waals surface area contributed by atoms with E-state index in [0.29, 0.717) is 26.7 Å². The lowest BCUT2D eigenvalue weighted by Crippen LogP contribution is -2.25. The number of benzene rings is 1. The summed E-state index contributed by atoms with van der Waals surface area (Å²) in [6, 6.07) is 4.67. The molecule has 1 heterocycles. The molecule has 0 aliphatic heterocycles. The molecular formula is C18H19BrFNO4. The van der Waals surface area contributed by atoms with E-state index in [9.17, 15) is 14.0 Å². The molecule has 0 atom stereocenters. The van der Waals surface area contributed by atoms with Crippen LogP contribution in [-0.2, 0) is 18.2 Å². The van der Waals surface area contributed by atoms with Gasteiger partial charge in [0.1, 0.15) is 12.4 Å². The van der Waals surface area contributed by atoms with Crippen molar-refractivity contribution < 1.29 is 19.0 Å². The van der Waals surface area contributed by atoms with Crippen molar-refractivity contribution in [2.75, 3.05) is 19.8 Å². The zero-order valence-electron chi connectivity index (χ0n) is 14.0. The van der Waals surface area contributed by atoms with E-state index in [1.165, 1.54) is 16.8 Å². The number of carbonyl (C=O) groups excluding carboxylic acids is 1. The molecule has 0 saturated carbocycles. The third kappa shape index (κ3) is 4.62. The predicted octanol–water partition coefficient (Wildman–Crippen LogP) is 2.38. The zero-order valence-corrected chi connectivity index (χ0v) is 15.6. The van der Waals surface area contributed by atoms with E-state index >= 15 is 0 Å². The third-order valence-electron chi connectivity index (χ3n) is 3.89. The zero-order chi connectivity index (χ0) is 18.6. The Morgan fingerprint density at radius 2 is 2.12 bits per heavy atom. The van der Waals surface area contributed by atoms with Crippen molar-refractivity contribution in [1.82, 2.24) is 4.57 Å². The molecule has 1 N–H and O–H groups in total. The number of hydrogen-bond acceptors (Lipinski definition) is 4. The number of Topliss-reactive ketones (excluding diaryl/α,β-unsaturated/α-hetero) is 1. The fourth-order valence-corrected chi connectivity index (χ4v) is 2.89. The van der Waals surface area contributed by atoms with Gasteiger partial charge in [-0.2, -0.15) is 0 Å². The van der Waals surface area contributed by atoms with Crippen molar-refractivity contribution in [2.45, 2.75) is 13.3 Å². The second kappa shape index (κ2) is 8.51. The number of aliphatic hydroxyl groups is 1. The molecular weight excluding hydrogens is 393 g/mol. The van der Waals surface area contributed by atoms with E-state index in [1.54, 1.807) is 26.1 Å². The Kier molecular flexibility index (Phi) is 6.64. The van der Waals surface area contributed by atoms with Crippen LogP contribution in [-0.4, -0.2) is 35.3 Å². The highest BCUT2D eigenvalue weighted by Crippen LogP contribution is 2.21. The highest BCUT2D eigenvalue weighted by atomic mass is 79.9. The van der Waals surface area contributed by atoms with Gasteiger partial charge in [0.05, 0.1) is 13.2 Å². The van der Waals surface area contributed by atoms with Crippen molar-refractivity contribution in [3.05, 3.63) is 67.3 Å². The first-order valence-corrected chi connectivity index (χ1v) is 8.49. The average Bonchev–Trinajstić information content (AvgIpc) is 2.57. The molecule has 0 aliphatic rings. The number of rotatable bonds is 7. The van der Waals surface area contributed by atoms with Crippen LogP contribution in [0.25, 0.3) is 0 Å². The maximum atomic E-state index is 14.2. The van der Waals surface area contributed by atoms with Gasteiger partial charge in [-0.15, -0.1) is 0 Å². The Morgan fingerprint density at radius 1 is 1.40 bits per heavy atom. The first kappa shape index (κ1) is 19.5. The molecule has 0 saturated heterocycles. The Balaban J connectivity index is 2.45. The van der Waals surface area contributed by atoms with Gasteiger partial charge in [0.25, 0.3) is 5.56 Å². The fourth-order valence-electron chi connectivity index (χ4n) is 2.56. The number of ketones is 1. The smallest absolute Gasteiger partial charge is 0.253 e. The van der Waals surface area contributed by atoms with Crippen LogP contribution in [0, 0.1) is 12.7 Å². The van der Waals surface area contributed by atoms with E-state index in [1.807, 2.05) is 0 Å². The highest BCUT2D eigenvalue weighted by Gasteiger charge is 2.19. The van der Waals surface area contributed by atoms with Crippen LogP contribution in [0.5, 0.6) is 0 Å². The summed E-state index contributed by atoms with van der Waals surface area (Å²) in [5.41, 5.74) is 1.37. The minimum atomic E-state index is -0.413. The van der Waals surface area contributed by atoms with Gasteiger partial charge in [-0.1, -0.05) is 22.0 Å². The minimum absolute atomic E-state index is 0.0488. The number of carbonyl (C=O) groups is 1. The first-order valence-electron chi connectivity index (χ1n) is 7.70. The Labute approximate surface area is 153 Å². The molecule has 1 aromatic carbocycles. The van der Waals surface area contributed by atoms with Crippen LogP contribution in [0.4, 0.5) is 4.39 Å². The molecule has 1 aromatic heterocycles. The van der Waals surface area contributed by atoms with Gasteiger partial charge in [-0.25, -0.2) is 4.39 Å². The van der Waals surface area contributed by atoms with E-state index in [0.717, 1.165) is 0 Å². The lowest BCUT2D eigenvalue weighted by Gasteiger charge is -2.14. The van der Waals surface area contributed by atoms with Crippen LogP contribution < -0.4 is 5.56 Å². The maximum absolute atomic E-state index is 14.2. The van der Waals surface area contributed by atoms with Gasteiger partial charge in [0, 0.05) is 35.3 Å². The van der Waals surface area contributed by atoms with Gasteiger partial charge in [-0.3, -0.25) is 9.59 Å². The molecule has 134 valence electrons. The number of aryl methyl sites for hydroxylation is 1. The second-order valence-corrected chi connectivity index (χ2v) is 6.59. The minimum Gasteiger partial charge on any atom is -0.394 e. The molecule has 5 nitrogen and oxygen atoms in total. The predicted molar refractivity (Wildman–Crippen MR) is 95.6 cm³/mol. The molecule has 0 unspecified atom stereocenters. The molecule has 0 amide bonds. The maximum Gasteiger partial charge on any atom is 0.253 e. The SMILES string of the molecule is Cc1c(Cc2ccc(Br)cc2F)c(C(=O)COCCO)cn(C)c1=O. The van der Waals surface area contributed by atoms with Gasteiger partial charge >= 0.3 is 0 Å². The van der Waals surface area contributed by atoms with E-state index in [-0.39, 0.29) is 37.6 Å². The number of nitrogens with zero attached hydrogens (tertiary/aromatic N) is 1. The average molecular weight is 412 g/mol. The van der Waals surface area contributed by atoms with Crippen molar-refractivity contribution in [3.8, 4) is 0 Å². The van der Waals surface area contributed by atoms with E-state index in [2.05, 4.69) is 15.9 Å². The van der Waals surface area contributed by atoms with Gasteiger partial charge in [0.2, 0.25) is 0 Å². The molecule has 25 heavy (non-hydrogen) atoms. The number of aliphatic hydroxyl groups excluding tert-OH is 1. The first-order chi connectivity index (χ1) is 11.8. The molecule has 2 aromatic rings. The number of ether oxygens (including phenoxy) is 1. The summed E-state index contributed by atoms with van der Waals surface area (Å²) < 4.78 is 21.2. The van der Waals surface area contributed by atoms with Crippen molar-refractivity contribution in [1.29, 1.82) is 0 Å². The Hall–Kier alpha value is -1.83.